The van der Waals surface area contributed by atoms with Gasteiger partial charge in [-0.25, -0.2) is 22.0 Å². The van der Waals surface area contributed by atoms with Gasteiger partial charge in [-0.2, -0.15) is 0 Å². The molecule has 0 aromatic heterocycles. The largest absolute Gasteiger partial charge is 0.364 e. The van der Waals surface area contributed by atoms with E-state index in [2.05, 4.69) is 0 Å². The molecule has 1 saturated heterocycles. The Balaban J connectivity index is 2.51. The molecule has 2 atom stereocenters. The van der Waals surface area contributed by atoms with Gasteiger partial charge in [0.05, 0.1) is 0 Å². The number of rotatable bonds is 2. The minimum atomic E-state index is -2.14. The van der Waals surface area contributed by atoms with Crippen molar-refractivity contribution in [3.05, 3.63) is 29.1 Å². The highest BCUT2D eigenvalue weighted by atomic mass is 19.2. The number of anilines is 1. The first-order valence-electron chi connectivity index (χ1n) is 6.36. The van der Waals surface area contributed by atoms with E-state index in [1.807, 2.05) is 0 Å². The average molecular weight is 294 g/mol. The predicted molar refractivity (Wildman–Crippen MR) is 64.8 cm³/mol. The van der Waals surface area contributed by atoms with Crippen molar-refractivity contribution in [2.45, 2.75) is 25.8 Å². The predicted octanol–water partition coefficient (Wildman–Crippen LogP) is 2.95. The van der Waals surface area contributed by atoms with Crippen molar-refractivity contribution in [1.29, 1.82) is 0 Å². The Morgan fingerprint density at radius 1 is 0.950 bits per heavy atom. The molecule has 0 saturated carbocycles. The zero-order chi connectivity index (χ0) is 15.0. The second kappa shape index (κ2) is 5.55. The molecule has 0 spiro atoms. The summed E-state index contributed by atoms with van der Waals surface area (Å²) >= 11 is 0. The third kappa shape index (κ3) is 2.34. The van der Waals surface area contributed by atoms with Gasteiger partial charge in [-0.3, -0.25) is 0 Å². The molecule has 0 radical (unpaired) electrons. The van der Waals surface area contributed by atoms with E-state index >= 15 is 0 Å². The van der Waals surface area contributed by atoms with Crippen molar-refractivity contribution < 1.29 is 22.0 Å². The molecule has 1 aromatic rings. The topological polar surface area (TPSA) is 29.3 Å². The summed E-state index contributed by atoms with van der Waals surface area (Å²) in [7, 11) is 0. The van der Waals surface area contributed by atoms with Crippen LogP contribution in [-0.4, -0.2) is 19.1 Å². The van der Waals surface area contributed by atoms with Crippen LogP contribution < -0.4 is 10.6 Å². The zero-order valence-corrected chi connectivity index (χ0v) is 10.9. The van der Waals surface area contributed by atoms with E-state index in [0.29, 0.717) is 13.0 Å². The summed E-state index contributed by atoms with van der Waals surface area (Å²) in [6, 6.07) is -0.314. The summed E-state index contributed by atoms with van der Waals surface area (Å²) in [4.78, 5) is 1.22. The second-order valence-electron chi connectivity index (χ2n) is 5.10. The summed E-state index contributed by atoms with van der Waals surface area (Å²) in [6.45, 7) is 2.17. The van der Waals surface area contributed by atoms with E-state index in [0.717, 1.165) is 6.42 Å². The molecule has 2 rings (SSSR count). The van der Waals surface area contributed by atoms with E-state index in [1.54, 1.807) is 6.92 Å². The Hall–Kier alpha value is -1.37. The van der Waals surface area contributed by atoms with Crippen LogP contribution in [-0.2, 0) is 0 Å². The molecule has 0 bridgehead atoms. The van der Waals surface area contributed by atoms with E-state index < -0.39 is 34.8 Å². The first-order valence-corrected chi connectivity index (χ1v) is 6.36. The van der Waals surface area contributed by atoms with Crippen LogP contribution in [0.2, 0.25) is 0 Å². The third-order valence-corrected chi connectivity index (χ3v) is 3.79. The Labute approximate surface area is 113 Å². The molecule has 2 N–H and O–H groups in total. The number of halogens is 5. The number of hydrogen-bond acceptors (Lipinski definition) is 2. The highest BCUT2D eigenvalue weighted by Crippen LogP contribution is 2.34. The first kappa shape index (κ1) is 15.0. The molecule has 1 aliphatic rings. The fourth-order valence-corrected chi connectivity index (χ4v) is 2.53. The van der Waals surface area contributed by atoms with E-state index in [-0.39, 0.29) is 18.5 Å². The molecule has 0 aliphatic carbocycles. The standard InChI is InChI=1S/C13H15F5N2/c1-6-2-3-7(4-19)5-20(6)13-11(17)9(15)8(14)10(16)12(13)18/h6-7H,2-5,19H2,1H3. The lowest BCUT2D eigenvalue weighted by Crippen LogP contribution is -2.45. The molecule has 20 heavy (non-hydrogen) atoms. The summed E-state index contributed by atoms with van der Waals surface area (Å²) < 4.78 is 67.1. The van der Waals surface area contributed by atoms with Gasteiger partial charge >= 0.3 is 0 Å². The van der Waals surface area contributed by atoms with Crippen LogP contribution in [0.5, 0.6) is 0 Å². The van der Waals surface area contributed by atoms with Crippen LogP contribution in [0.4, 0.5) is 27.6 Å². The smallest absolute Gasteiger partial charge is 0.200 e. The highest BCUT2D eigenvalue weighted by molar-refractivity contribution is 5.51. The fraction of sp³-hybridized carbons (Fsp3) is 0.538. The quantitative estimate of drug-likeness (QED) is 0.516. The molecule has 112 valence electrons. The van der Waals surface area contributed by atoms with Crippen molar-refractivity contribution in [1.82, 2.24) is 0 Å². The van der Waals surface area contributed by atoms with Crippen molar-refractivity contribution in [2.24, 2.45) is 11.7 Å². The van der Waals surface area contributed by atoms with Crippen LogP contribution in [0.25, 0.3) is 0 Å². The van der Waals surface area contributed by atoms with Gasteiger partial charge in [0.1, 0.15) is 5.69 Å². The van der Waals surface area contributed by atoms with Crippen molar-refractivity contribution in [3.8, 4) is 0 Å². The third-order valence-electron chi connectivity index (χ3n) is 3.79. The van der Waals surface area contributed by atoms with E-state index in [1.165, 1.54) is 4.90 Å². The van der Waals surface area contributed by atoms with E-state index in [4.69, 9.17) is 5.73 Å². The number of benzene rings is 1. The molecule has 7 heteroatoms. The van der Waals surface area contributed by atoms with E-state index in [9.17, 15) is 22.0 Å². The monoisotopic (exact) mass is 294 g/mol. The normalized spacial score (nSPS) is 23.2. The van der Waals surface area contributed by atoms with Crippen LogP contribution in [0.15, 0.2) is 0 Å². The molecule has 1 heterocycles. The zero-order valence-electron chi connectivity index (χ0n) is 10.9. The SMILES string of the molecule is CC1CCC(CN)CN1c1c(F)c(F)c(F)c(F)c1F. The van der Waals surface area contributed by atoms with Gasteiger partial charge in [-0.1, -0.05) is 0 Å². The van der Waals surface area contributed by atoms with Gasteiger partial charge in [0.25, 0.3) is 0 Å². The molecule has 2 nitrogen and oxygen atoms in total. The fourth-order valence-electron chi connectivity index (χ4n) is 2.53. The molecular weight excluding hydrogens is 279 g/mol. The lowest BCUT2D eigenvalue weighted by Gasteiger charge is -2.39. The van der Waals surface area contributed by atoms with Crippen molar-refractivity contribution >= 4 is 5.69 Å². The van der Waals surface area contributed by atoms with Gasteiger partial charge in [-0.05, 0) is 32.2 Å². The molecule has 1 fully saturated rings. The molecule has 0 amide bonds. The Morgan fingerprint density at radius 2 is 1.45 bits per heavy atom. The second-order valence-corrected chi connectivity index (χ2v) is 5.10. The minimum Gasteiger partial charge on any atom is -0.364 e. The van der Waals surface area contributed by atoms with Crippen LogP contribution in [0, 0.1) is 35.0 Å². The maximum Gasteiger partial charge on any atom is 0.200 e. The maximum absolute atomic E-state index is 13.8. The average Bonchev–Trinajstić information content (AvgIpc) is 2.45. The summed E-state index contributed by atoms with van der Waals surface area (Å²) in [5.74, 6) is -9.57. The molecule has 1 aromatic carbocycles. The minimum absolute atomic E-state index is 0.0267. The first-order chi connectivity index (χ1) is 9.38. The van der Waals surface area contributed by atoms with Gasteiger partial charge < -0.3 is 10.6 Å². The Kier molecular flexibility index (Phi) is 4.17. The van der Waals surface area contributed by atoms with Crippen LogP contribution >= 0.6 is 0 Å². The van der Waals surface area contributed by atoms with Crippen LogP contribution in [0.1, 0.15) is 19.8 Å². The molecule has 2 unspecified atom stereocenters. The molecular formula is C13H15F5N2. The summed E-state index contributed by atoms with van der Waals surface area (Å²) in [5.41, 5.74) is 4.67. The molecule has 1 aliphatic heterocycles. The van der Waals surface area contributed by atoms with Gasteiger partial charge in [0, 0.05) is 12.6 Å². The lowest BCUT2D eigenvalue weighted by molar-refractivity contribution is 0.347. The summed E-state index contributed by atoms with van der Waals surface area (Å²) in [5, 5.41) is 0. The number of piperidine rings is 1. The Morgan fingerprint density at radius 3 is 1.95 bits per heavy atom. The van der Waals surface area contributed by atoms with Gasteiger partial charge in [0.2, 0.25) is 5.82 Å². The maximum atomic E-state index is 13.8. The van der Waals surface area contributed by atoms with Gasteiger partial charge in [0.15, 0.2) is 23.3 Å². The van der Waals surface area contributed by atoms with Crippen LogP contribution in [0.3, 0.4) is 0 Å². The Bertz CT molecular complexity index is 491. The highest BCUT2D eigenvalue weighted by Gasteiger charge is 2.33. The van der Waals surface area contributed by atoms with Crippen molar-refractivity contribution in [2.75, 3.05) is 18.0 Å². The number of nitrogens with two attached hydrogens (primary N) is 1. The number of hydrogen-bond donors (Lipinski definition) is 1. The summed E-state index contributed by atoms with van der Waals surface area (Å²) in [6.07, 6.45) is 1.35. The van der Waals surface area contributed by atoms with Gasteiger partial charge in [-0.15, -0.1) is 0 Å². The lowest BCUT2D eigenvalue weighted by atomic mass is 9.93. The number of nitrogens with zero attached hydrogens (tertiary/aromatic N) is 1. The van der Waals surface area contributed by atoms with Crippen molar-refractivity contribution in [3.63, 3.8) is 0 Å².